The molecule has 1 fully saturated rings. The highest BCUT2D eigenvalue weighted by molar-refractivity contribution is 6.04. The molecule has 0 spiro atoms. The van der Waals surface area contributed by atoms with Crippen molar-refractivity contribution in [2.45, 2.75) is 6.29 Å². The number of anilines is 1. The van der Waals surface area contributed by atoms with E-state index in [4.69, 9.17) is 9.47 Å². The number of H-pyrrole nitrogens is 1. The lowest BCUT2D eigenvalue weighted by Crippen LogP contribution is -2.12. The number of rotatable bonds is 4. The van der Waals surface area contributed by atoms with Gasteiger partial charge in [-0.2, -0.15) is 5.10 Å². The molecule has 25 heavy (non-hydrogen) atoms. The number of ether oxygens (including phenoxy) is 2. The maximum absolute atomic E-state index is 12.5. The molecule has 1 aliphatic heterocycles. The second-order valence-corrected chi connectivity index (χ2v) is 5.70. The molecule has 1 amide bonds. The van der Waals surface area contributed by atoms with Crippen LogP contribution in [0.15, 0.2) is 60.8 Å². The van der Waals surface area contributed by atoms with Crippen molar-refractivity contribution in [1.29, 1.82) is 0 Å². The third kappa shape index (κ3) is 3.45. The van der Waals surface area contributed by atoms with E-state index in [1.54, 1.807) is 18.3 Å². The minimum Gasteiger partial charge on any atom is -0.346 e. The molecule has 6 nitrogen and oxygen atoms in total. The monoisotopic (exact) mass is 335 g/mol. The maximum atomic E-state index is 12.5. The van der Waals surface area contributed by atoms with Gasteiger partial charge in [-0.25, -0.2) is 0 Å². The number of hydrogen-bond donors (Lipinski definition) is 2. The molecule has 0 radical (unpaired) electrons. The van der Waals surface area contributed by atoms with Crippen molar-refractivity contribution in [2.75, 3.05) is 18.5 Å². The smallest absolute Gasteiger partial charge is 0.255 e. The molecule has 1 aliphatic rings. The van der Waals surface area contributed by atoms with Gasteiger partial charge in [0.2, 0.25) is 0 Å². The van der Waals surface area contributed by atoms with Gasteiger partial charge in [0.15, 0.2) is 6.29 Å². The molecule has 0 unspecified atom stereocenters. The van der Waals surface area contributed by atoms with Crippen LogP contribution in [0.25, 0.3) is 11.3 Å². The van der Waals surface area contributed by atoms with Gasteiger partial charge in [-0.3, -0.25) is 9.89 Å². The molecule has 1 aromatic heterocycles. The molecule has 3 aromatic rings. The molecule has 2 heterocycles. The van der Waals surface area contributed by atoms with Crippen LogP contribution in [-0.2, 0) is 9.47 Å². The lowest BCUT2D eigenvalue weighted by atomic mass is 10.1. The summed E-state index contributed by atoms with van der Waals surface area (Å²) < 4.78 is 11.0. The van der Waals surface area contributed by atoms with Gasteiger partial charge in [0, 0.05) is 23.0 Å². The van der Waals surface area contributed by atoms with Crippen molar-refractivity contribution in [2.24, 2.45) is 0 Å². The first-order chi connectivity index (χ1) is 12.3. The summed E-state index contributed by atoms with van der Waals surface area (Å²) in [6.45, 7) is 1.17. The molecule has 6 heteroatoms. The van der Waals surface area contributed by atoms with E-state index in [9.17, 15) is 4.79 Å². The van der Waals surface area contributed by atoms with Crippen LogP contribution >= 0.6 is 0 Å². The Hall–Kier alpha value is -2.96. The fourth-order valence-corrected chi connectivity index (χ4v) is 2.73. The van der Waals surface area contributed by atoms with E-state index < -0.39 is 0 Å². The van der Waals surface area contributed by atoms with Crippen LogP contribution in [0.3, 0.4) is 0 Å². The molecular formula is C19H17N3O3. The zero-order chi connectivity index (χ0) is 17.1. The Morgan fingerprint density at radius 1 is 1.08 bits per heavy atom. The number of nitrogens with zero attached hydrogens (tertiary/aromatic N) is 1. The fourth-order valence-electron chi connectivity index (χ4n) is 2.73. The normalized spacial score (nSPS) is 14.6. The van der Waals surface area contributed by atoms with Crippen LogP contribution in [0.1, 0.15) is 22.2 Å². The fraction of sp³-hybridized carbons (Fsp3) is 0.158. The lowest BCUT2D eigenvalue weighted by molar-refractivity contribution is -0.0440. The Morgan fingerprint density at radius 2 is 1.88 bits per heavy atom. The van der Waals surface area contributed by atoms with E-state index in [-0.39, 0.29) is 12.2 Å². The first-order valence-corrected chi connectivity index (χ1v) is 8.04. The number of aromatic amines is 1. The summed E-state index contributed by atoms with van der Waals surface area (Å²) >= 11 is 0. The van der Waals surface area contributed by atoms with Crippen molar-refractivity contribution >= 4 is 11.6 Å². The zero-order valence-electron chi connectivity index (χ0n) is 13.4. The first-order valence-electron chi connectivity index (χ1n) is 8.04. The zero-order valence-corrected chi connectivity index (χ0v) is 13.4. The molecule has 0 saturated carbocycles. The summed E-state index contributed by atoms with van der Waals surface area (Å²) in [5.74, 6) is -0.165. The highest BCUT2D eigenvalue weighted by Gasteiger charge is 2.18. The summed E-state index contributed by atoms with van der Waals surface area (Å²) in [4.78, 5) is 12.5. The van der Waals surface area contributed by atoms with Crippen molar-refractivity contribution in [3.63, 3.8) is 0 Å². The molecule has 1 saturated heterocycles. The molecule has 126 valence electrons. The Kier molecular flexibility index (Phi) is 4.28. The number of carbonyl (C=O) groups is 1. The van der Waals surface area contributed by atoms with E-state index in [1.807, 2.05) is 42.5 Å². The first kappa shape index (κ1) is 15.6. The van der Waals surface area contributed by atoms with Crippen LogP contribution in [0.2, 0.25) is 0 Å². The topological polar surface area (TPSA) is 76.2 Å². The molecule has 2 N–H and O–H groups in total. The van der Waals surface area contributed by atoms with Crippen LogP contribution in [0, 0.1) is 0 Å². The average Bonchev–Trinajstić information content (AvgIpc) is 3.36. The molecule has 4 rings (SSSR count). The molecule has 0 atom stereocenters. The van der Waals surface area contributed by atoms with E-state index >= 15 is 0 Å². The van der Waals surface area contributed by atoms with Crippen molar-refractivity contribution in [3.05, 3.63) is 71.9 Å². The predicted molar refractivity (Wildman–Crippen MR) is 93.1 cm³/mol. The van der Waals surface area contributed by atoms with Gasteiger partial charge < -0.3 is 14.8 Å². The van der Waals surface area contributed by atoms with Gasteiger partial charge in [0.1, 0.15) is 0 Å². The van der Waals surface area contributed by atoms with Crippen LogP contribution in [0.4, 0.5) is 5.69 Å². The Balaban J connectivity index is 1.47. The highest BCUT2D eigenvalue weighted by atomic mass is 16.7. The number of benzene rings is 2. The average molecular weight is 335 g/mol. The summed E-state index contributed by atoms with van der Waals surface area (Å²) in [6, 6.07) is 16.7. The second kappa shape index (κ2) is 6.88. The minimum atomic E-state index is -0.356. The van der Waals surface area contributed by atoms with E-state index in [0.29, 0.717) is 24.5 Å². The van der Waals surface area contributed by atoms with Gasteiger partial charge in [-0.1, -0.05) is 24.3 Å². The van der Waals surface area contributed by atoms with Crippen LogP contribution < -0.4 is 5.32 Å². The SMILES string of the molecule is O=C(Nc1cccc(C2OCCO2)c1)c1ccc(-c2ccn[nH]2)cc1. The molecule has 2 aromatic carbocycles. The van der Waals surface area contributed by atoms with Crippen molar-refractivity contribution in [3.8, 4) is 11.3 Å². The number of nitrogens with one attached hydrogen (secondary N) is 2. The predicted octanol–water partition coefficient (Wildman–Crippen LogP) is 3.37. The number of carbonyl (C=O) groups excluding carboxylic acids is 1. The second-order valence-electron chi connectivity index (χ2n) is 5.70. The van der Waals surface area contributed by atoms with Gasteiger partial charge in [-0.15, -0.1) is 0 Å². The molecular weight excluding hydrogens is 318 g/mol. The molecule has 0 aliphatic carbocycles. The summed E-state index contributed by atoms with van der Waals surface area (Å²) in [7, 11) is 0. The quantitative estimate of drug-likeness (QED) is 0.766. The number of hydrogen-bond acceptors (Lipinski definition) is 4. The minimum absolute atomic E-state index is 0.165. The summed E-state index contributed by atoms with van der Waals surface area (Å²) in [6.07, 6.45) is 1.34. The molecule has 0 bridgehead atoms. The van der Waals surface area contributed by atoms with E-state index in [2.05, 4.69) is 15.5 Å². The van der Waals surface area contributed by atoms with Crippen molar-refractivity contribution < 1.29 is 14.3 Å². The Morgan fingerprint density at radius 3 is 2.60 bits per heavy atom. The largest absolute Gasteiger partial charge is 0.346 e. The van der Waals surface area contributed by atoms with Gasteiger partial charge in [-0.05, 0) is 35.9 Å². The Labute approximate surface area is 144 Å². The van der Waals surface area contributed by atoms with E-state index in [0.717, 1.165) is 16.8 Å². The van der Waals surface area contributed by atoms with Gasteiger partial charge in [0.25, 0.3) is 5.91 Å². The maximum Gasteiger partial charge on any atom is 0.255 e. The number of aromatic nitrogens is 2. The van der Waals surface area contributed by atoms with Gasteiger partial charge >= 0.3 is 0 Å². The van der Waals surface area contributed by atoms with E-state index in [1.165, 1.54) is 0 Å². The standard InChI is InChI=1S/C19H17N3O3/c23-18(14-6-4-13(5-7-14)17-8-9-20-22-17)21-16-3-1-2-15(12-16)19-24-10-11-25-19/h1-9,12,19H,10-11H2,(H,20,22)(H,21,23). The lowest BCUT2D eigenvalue weighted by Gasteiger charge is -2.11. The summed E-state index contributed by atoms with van der Waals surface area (Å²) in [5, 5.41) is 9.73. The van der Waals surface area contributed by atoms with Crippen LogP contribution in [-0.4, -0.2) is 29.3 Å². The number of amides is 1. The van der Waals surface area contributed by atoms with Crippen molar-refractivity contribution in [1.82, 2.24) is 10.2 Å². The third-order valence-electron chi connectivity index (χ3n) is 4.00. The third-order valence-corrected chi connectivity index (χ3v) is 4.00. The highest BCUT2D eigenvalue weighted by Crippen LogP contribution is 2.25. The summed E-state index contributed by atoms with van der Waals surface area (Å²) in [5.41, 5.74) is 4.08. The van der Waals surface area contributed by atoms with Crippen LogP contribution in [0.5, 0.6) is 0 Å². The van der Waals surface area contributed by atoms with Gasteiger partial charge in [0.05, 0.1) is 18.9 Å². The Bertz CT molecular complexity index is 854.